The van der Waals surface area contributed by atoms with Crippen LogP contribution in [-0.4, -0.2) is 40.5 Å². The quantitative estimate of drug-likeness (QED) is 0.510. The SMILES string of the molecule is O=C(O)CCc1ccc(OCCCCCO)c(CCC(=O)O)c1. The summed E-state index contributed by atoms with van der Waals surface area (Å²) in [6.07, 6.45) is 3.23. The topological polar surface area (TPSA) is 104 Å². The van der Waals surface area contributed by atoms with Gasteiger partial charge in [-0.25, -0.2) is 0 Å². The van der Waals surface area contributed by atoms with E-state index in [0.29, 0.717) is 25.2 Å². The second kappa shape index (κ2) is 10.6. The van der Waals surface area contributed by atoms with E-state index in [1.807, 2.05) is 12.1 Å². The minimum Gasteiger partial charge on any atom is -0.493 e. The van der Waals surface area contributed by atoms with Gasteiger partial charge in [-0.1, -0.05) is 12.1 Å². The molecule has 0 saturated carbocycles. The van der Waals surface area contributed by atoms with Gasteiger partial charge in [-0.15, -0.1) is 0 Å². The number of benzene rings is 1. The molecule has 0 bridgehead atoms. The number of ether oxygens (including phenoxy) is 1. The smallest absolute Gasteiger partial charge is 0.303 e. The van der Waals surface area contributed by atoms with Gasteiger partial charge in [0.2, 0.25) is 0 Å². The maximum absolute atomic E-state index is 10.8. The molecule has 0 unspecified atom stereocenters. The van der Waals surface area contributed by atoms with Crippen molar-refractivity contribution in [2.45, 2.75) is 44.9 Å². The van der Waals surface area contributed by atoms with Crippen LogP contribution in [0, 0.1) is 0 Å². The third-order valence-corrected chi connectivity index (χ3v) is 3.42. The average molecular weight is 324 g/mol. The lowest BCUT2D eigenvalue weighted by molar-refractivity contribution is -0.137. The lowest BCUT2D eigenvalue weighted by Crippen LogP contribution is -2.05. The van der Waals surface area contributed by atoms with Gasteiger partial charge in [0.1, 0.15) is 5.75 Å². The predicted octanol–water partition coefficient (Wildman–Crippen LogP) is 2.26. The highest BCUT2D eigenvalue weighted by molar-refractivity contribution is 5.67. The molecule has 0 aliphatic rings. The first kappa shape index (κ1) is 19.0. The van der Waals surface area contributed by atoms with E-state index < -0.39 is 11.9 Å². The van der Waals surface area contributed by atoms with Crippen molar-refractivity contribution in [2.24, 2.45) is 0 Å². The maximum atomic E-state index is 10.8. The first-order valence-electron chi connectivity index (χ1n) is 7.82. The standard InChI is InChI=1S/C17H24O6/c18-10-2-1-3-11-23-15-7-4-13(5-8-16(19)20)12-14(15)6-9-17(21)22/h4,7,12,18H,1-3,5-6,8-11H2,(H,19,20)(H,21,22). The van der Waals surface area contributed by atoms with Gasteiger partial charge in [-0.3, -0.25) is 9.59 Å². The van der Waals surface area contributed by atoms with E-state index >= 15 is 0 Å². The molecule has 0 aliphatic carbocycles. The Kier molecular flexibility index (Phi) is 8.75. The summed E-state index contributed by atoms with van der Waals surface area (Å²) in [6, 6.07) is 5.42. The largest absolute Gasteiger partial charge is 0.493 e. The normalized spacial score (nSPS) is 10.5. The highest BCUT2D eigenvalue weighted by Gasteiger charge is 2.09. The molecule has 23 heavy (non-hydrogen) atoms. The van der Waals surface area contributed by atoms with E-state index in [2.05, 4.69) is 0 Å². The summed E-state index contributed by atoms with van der Waals surface area (Å²) in [6.45, 7) is 0.677. The Morgan fingerprint density at radius 1 is 0.957 bits per heavy atom. The van der Waals surface area contributed by atoms with Crippen molar-refractivity contribution in [3.8, 4) is 5.75 Å². The zero-order valence-electron chi connectivity index (χ0n) is 13.2. The zero-order valence-corrected chi connectivity index (χ0v) is 13.2. The number of aryl methyl sites for hydroxylation is 2. The van der Waals surface area contributed by atoms with Crippen LogP contribution in [0.25, 0.3) is 0 Å². The maximum Gasteiger partial charge on any atom is 0.303 e. The molecule has 1 aromatic carbocycles. The summed E-state index contributed by atoms with van der Waals surface area (Å²) in [5.41, 5.74) is 1.65. The molecule has 6 heteroatoms. The van der Waals surface area contributed by atoms with Crippen LogP contribution in [-0.2, 0) is 22.4 Å². The van der Waals surface area contributed by atoms with Crippen LogP contribution in [0.2, 0.25) is 0 Å². The van der Waals surface area contributed by atoms with Gasteiger partial charge in [-0.2, -0.15) is 0 Å². The fraction of sp³-hybridized carbons (Fsp3) is 0.529. The minimum absolute atomic E-state index is 0.00323. The van der Waals surface area contributed by atoms with E-state index in [4.69, 9.17) is 20.1 Å². The third kappa shape index (κ3) is 8.21. The molecule has 0 fully saturated rings. The highest BCUT2D eigenvalue weighted by atomic mass is 16.5. The van der Waals surface area contributed by atoms with Crippen molar-refractivity contribution in [1.29, 1.82) is 0 Å². The molecule has 0 amide bonds. The molecule has 1 aromatic rings. The van der Waals surface area contributed by atoms with Crippen LogP contribution in [0.5, 0.6) is 5.75 Å². The number of aliphatic hydroxyl groups is 1. The molecule has 3 N–H and O–H groups in total. The van der Waals surface area contributed by atoms with Crippen molar-refractivity contribution in [2.75, 3.05) is 13.2 Å². The number of carboxylic acids is 2. The van der Waals surface area contributed by atoms with E-state index in [-0.39, 0.29) is 19.4 Å². The molecule has 6 nitrogen and oxygen atoms in total. The molecular formula is C17H24O6. The van der Waals surface area contributed by atoms with Gasteiger partial charge in [0, 0.05) is 19.4 Å². The number of carboxylic acid groups (broad SMARTS) is 2. The summed E-state index contributed by atoms with van der Waals surface area (Å²) >= 11 is 0. The summed E-state index contributed by atoms with van der Waals surface area (Å²) in [7, 11) is 0. The second-order valence-corrected chi connectivity index (χ2v) is 5.36. The minimum atomic E-state index is -0.880. The van der Waals surface area contributed by atoms with E-state index in [1.165, 1.54) is 0 Å². The van der Waals surface area contributed by atoms with Crippen molar-refractivity contribution in [3.63, 3.8) is 0 Å². The van der Waals surface area contributed by atoms with Crippen LogP contribution < -0.4 is 4.74 Å². The fourth-order valence-corrected chi connectivity index (χ4v) is 2.19. The molecule has 0 saturated heterocycles. The first-order chi connectivity index (χ1) is 11.0. The first-order valence-corrected chi connectivity index (χ1v) is 7.82. The molecule has 1 rings (SSSR count). The summed E-state index contributed by atoms with van der Waals surface area (Å²) in [5.74, 6) is -1.09. The number of aliphatic carboxylic acids is 2. The lowest BCUT2D eigenvalue weighted by Gasteiger charge is -2.13. The van der Waals surface area contributed by atoms with Gasteiger partial charge in [-0.05, 0) is 49.3 Å². The van der Waals surface area contributed by atoms with E-state index in [9.17, 15) is 9.59 Å². The molecule has 0 heterocycles. The van der Waals surface area contributed by atoms with Crippen LogP contribution in [0.15, 0.2) is 18.2 Å². The van der Waals surface area contributed by atoms with Gasteiger partial charge in [0.15, 0.2) is 0 Å². The molecule has 0 aliphatic heterocycles. The number of carbonyl (C=O) groups is 2. The Morgan fingerprint density at radius 2 is 1.65 bits per heavy atom. The number of hydrogen-bond acceptors (Lipinski definition) is 4. The Labute approximate surface area is 135 Å². The Balaban J connectivity index is 2.68. The average Bonchev–Trinajstić information content (AvgIpc) is 2.51. The van der Waals surface area contributed by atoms with Crippen molar-refractivity contribution in [3.05, 3.63) is 29.3 Å². The molecule has 0 aromatic heterocycles. The monoisotopic (exact) mass is 324 g/mol. The van der Waals surface area contributed by atoms with Crippen molar-refractivity contribution in [1.82, 2.24) is 0 Å². The predicted molar refractivity (Wildman–Crippen MR) is 84.8 cm³/mol. The van der Waals surface area contributed by atoms with Crippen LogP contribution in [0.3, 0.4) is 0 Å². The number of hydrogen-bond donors (Lipinski definition) is 3. The summed E-state index contributed by atoms with van der Waals surface area (Å²) in [5, 5.41) is 26.3. The number of aliphatic hydroxyl groups excluding tert-OH is 1. The van der Waals surface area contributed by atoms with E-state index in [1.54, 1.807) is 6.07 Å². The van der Waals surface area contributed by atoms with Crippen LogP contribution >= 0.6 is 0 Å². The lowest BCUT2D eigenvalue weighted by atomic mass is 10.0. The Morgan fingerprint density at radius 3 is 2.30 bits per heavy atom. The van der Waals surface area contributed by atoms with Gasteiger partial charge in [0.25, 0.3) is 0 Å². The Hall–Kier alpha value is -2.08. The molecular weight excluding hydrogens is 300 g/mol. The van der Waals surface area contributed by atoms with Crippen LogP contribution in [0.1, 0.15) is 43.2 Å². The highest BCUT2D eigenvalue weighted by Crippen LogP contribution is 2.23. The second-order valence-electron chi connectivity index (χ2n) is 5.36. The molecule has 128 valence electrons. The summed E-state index contributed by atoms with van der Waals surface area (Å²) < 4.78 is 5.71. The van der Waals surface area contributed by atoms with Crippen molar-refractivity contribution >= 4 is 11.9 Å². The molecule has 0 spiro atoms. The summed E-state index contributed by atoms with van der Waals surface area (Å²) in [4.78, 5) is 21.4. The van der Waals surface area contributed by atoms with Gasteiger partial charge >= 0.3 is 11.9 Å². The third-order valence-electron chi connectivity index (χ3n) is 3.42. The number of rotatable bonds is 12. The Bertz CT molecular complexity index is 512. The zero-order chi connectivity index (χ0) is 17.1. The van der Waals surface area contributed by atoms with Crippen LogP contribution in [0.4, 0.5) is 0 Å². The van der Waals surface area contributed by atoms with Crippen molar-refractivity contribution < 1.29 is 29.6 Å². The fourth-order valence-electron chi connectivity index (χ4n) is 2.19. The molecule has 0 radical (unpaired) electrons. The van der Waals surface area contributed by atoms with Gasteiger partial charge in [0.05, 0.1) is 6.61 Å². The number of unbranched alkanes of at least 4 members (excludes halogenated alkanes) is 2. The molecule has 0 atom stereocenters. The van der Waals surface area contributed by atoms with Gasteiger partial charge < -0.3 is 20.1 Å². The van der Waals surface area contributed by atoms with E-state index in [0.717, 1.165) is 30.4 Å².